The molecular weight excluding hydrogens is 159 g/mol. The number of hydrogen-bond donors (Lipinski definition) is 0. The van der Waals surface area contributed by atoms with Gasteiger partial charge in [0.05, 0.1) is 0 Å². The van der Waals surface area contributed by atoms with E-state index in [0.717, 1.165) is 11.1 Å². The van der Waals surface area contributed by atoms with Crippen molar-refractivity contribution in [3.05, 3.63) is 35.5 Å². The summed E-state index contributed by atoms with van der Waals surface area (Å²) in [5, 5.41) is 0. The molecule has 0 N–H and O–H groups in total. The monoisotopic (exact) mass is 169 g/mol. The third-order valence-electron chi connectivity index (χ3n) is 2.02. The molecule has 1 aliphatic carbocycles. The van der Waals surface area contributed by atoms with E-state index in [1.165, 1.54) is 15.4 Å². The fourth-order valence-corrected chi connectivity index (χ4v) is 1.47. The van der Waals surface area contributed by atoms with Crippen LogP contribution in [0.2, 0.25) is 0 Å². The van der Waals surface area contributed by atoms with Crippen LogP contribution in [0.1, 0.15) is 13.8 Å². The van der Waals surface area contributed by atoms with Gasteiger partial charge >= 0.3 is 70.5 Å². The van der Waals surface area contributed by atoms with Crippen LogP contribution in [0.15, 0.2) is 35.5 Å². The van der Waals surface area contributed by atoms with Gasteiger partial charge in [-0.2, -0.15) is 0 Å². The Balaban J connectivity index is 3.24. The zero-order valence-corrected chi connectivity index (χ0v) is 7.76. The van der Waals surface area contributed by atoms with E-state index in [-0.39, 0.29) is 0 Å². The molecule has 0 spiro atoms. The van der Waals surface area contributed by atoms with Gasteiger partial charge < -0.3 is 0 Å². The van der Waals surface area contributed by atoms with Crippen molar-refractivity contribution in [2.24, 2.45) is 0 Å². The van der Waals surface area contributed by atoms with E-state index in [0.29, 0.717) is 0 Å². The Morgan fingerprint density at radius 3 is 1.60 bits per heavy atom. The topological polar surface area (TPSA) is 0 Å². The molecule has 0 amide bonds. The van der Waals surface area contributed by atoms with Crippen molar-refractivity contribution < 1.29 is 17.0 Å². The Hall–Kier alpha value is -0.326. The van der Waals surface area contributed by atoms with Crippen molar-refractivity contribution in [2.75, 3.05) is 0 Å². The van der Waals surface area contributed by atoms with Crippen molar-refractivity contribution in [1.82, 2.24) is 0 Å². The zero-order valence-electron chi connectivity index (χ0n) is 6.36. The summed E-state index contributed by atoms with van der Waals surface area (Å²) < 4.78 is 1.23. The first-order chi connectivity index (χ1) is 4.55. The molecule has 0 aromatic heterocycles. The van der Waals surface area contributed by atoms with E-state index in [1.807, 2.05) is 0 Å². The Morgan fingerprint density at radius 1 is 1.00 bits per heavy atom. The molecule has 0 saturated carbocycles. The molecule has 0 nitrogen and oxygen atoms in total. The van der Waals surface area contributed by atoms with Crippen LogP contribution >= 0.6 is 0 Å². The molecule has 1 aliphatic rings. The summed E-state index contributed by atoms with van der Waals surface area (Å²) in [6.45, 7) is 12.0. The summed E-state index contributed by atoms with van der Waals surface area (Å²) in [5.74, 6) is 0. The van der Waals surface area contributed by atoms with Gasteiger partial charge in [0.1, 0.15) is 0 Å². The van der Waals surface area contributed by atoms with Gasteiger partial charge in [-0.1, -0.05) is 0 Å². The van der Waals surface area contributed by atoms with Crippen molar-refractivity contribution in [1.29, 1.82) is 0 Å². The molecule has 0 aromatic rings. The Kier molecular flexibility index (Phi) is 1.85. The fourth-order valence-electron chi connectivity index (χ4n) is 1.000. The van der Waals surface area contributed by atoms with Crippen LogP contribution in [0.4, 0.5) is 0 Å². The fraction of sp³-hybridized carbons (Fsp3) is 0.222. The zero-order chi connectivity index (χ0) is 7.89. The Labute approximate surface area is 70.8 Å². The number of hydrogen-bond acceptors (Lipinski definition) is 0. The predicted octanol–water partition coefficient (Wildman–Crippen LogP) is 2.17. The van der Waals surface area contributed by atoms with Gasteiger partial charge in [-0.25, -0.2) is 0 Å². The molecular formula is C9H10V. The molecule has 0 bridgehead atoms. The van der Waals surface area contributed by atoms with Crippen molar-refractivity contribution >= 4 is 4.23 Å². The maximum absolute atomic E-state index is 3.93. The first kappa shape index (κ1) is 7.78. The average Bonchev–Trinajstić information content (AvgIpc) is 2.07. The first-order valence-corrected chi connectivity index (χ1v) is 3.88. The van der Waals surface area contributed by atoms with Crippen LogP contribution < -0.4 is 0 Å². The molecule has 1 heteroatoms. The van der Waals surface area contributed by atoms with E-state index in [9.17, 15) is 0 Å². The van der Waals surface area contributed by atoms with Gasteiger partial charge in [-0.15, -0.1) is 0 Å². The molecule has 0 atom stereocenters. The van der Waals surface area contributed by atoms with Gasteiger partial charge in [0.15, 0.2) is 0 Å². The van der Waals surface area contributed by atoms with E-state index < -0.39 is 0 Å². The second kappa shape index (κ2) is 2.37. The van der Waals surface area contributed by atoms with Crippen LogP contribution in [-0.2, 0) is 17.0 Å². The van der Waals surface area contributed by atoms with E-state index in [2.05, 4.69) is 44.0 Å². The second-order valence-corrected chi connectivity index (χ2v) is 3.25. The summed E-state index contributed by atoms with van der Waals surface area (Å²) in [6, 6.07) is 0. The number of rotatable bonds is 0. The van der Waals surface area contributed by atoms with E-state index in [1.54, 1.807) is 0 Å². The van der Waals surface area contributed by atoms with Crippen LogP contribution in [0.3, 0.4) is 0 Å². The van der Waals surface area contributed by atoms with Crippen molar-refractivity contribution in [3.8, 4) is 0 Å². The molecule has 10 heavy (non-hydrogen) atoms. The minimum absolute atomic E-state index is 1.08. The SMILES string of the molecule is C=C1C(=C)C(C)=C(C)[C]1=[V]. The molecule has 1 rings (SSSR count). The van der Waals surface area contributed by atoms with Gasteiger partial charge in [0, 0.05) is 0 Å². The van der Waals surface area contributed by atoms with Gasteiger partial charge in [-0.05, 0) is 0 Å². The second-order valence-electron chi connectivity index (χ2n) is 2.56. The Bertz CT molecular complexity index is 240. The molecule has 0 heterocycles. The van der Waals surface area contributed by atoms with Crippen LogP contribution in [0.5, 0.6) is 0 Å². The van der Waals surface area contributed by atoms with E-state index in [4.69, 9.17) is 0 Å². The number of allylic oxidation sites excluding steroid dienone is 4. The van der Waals surface area contributed by atoms with Crippen LogP contribution in [-0.4, -0.2) is 4.23 Å². The summed E-state index contributed by atoms with van der Waals surface area (Å²) in [5.41, 5.74) is 4.76. The van der Waals surface area contributed by atoms with Gasteiger partial charge in [0.25, 0.3) is 0 Å². The average molecular weight is 169 g/mol. The standard InChI is InChI=1S/C9H10.V/c1-6-5-7(2)9(4)8(6)3;/h1,3H2,2,4H3;. The summed E-state index contributed by atoms with van der Waals surface area (Å²) in [6.07, 6.45) is 0. The maximum atomic E-state index is 3.93. The normalized spacial score (nSPS) is 19.1. The molecule has 51 valence electrons. The molecule has 0 fully saturated rings. The summed E-state index contributed by atoms with van der Waals surface area (Å²) in [7, 11) is 0. The third-order valence-corrected chi connectivity index (χ3v) is 2.97. The van der Waals surface area contributed by atoms with Crippen molar-refractivity contribution in [3.63, 3.8) is 0 Å². The van der Waals surface area contributed by atoms with Crippen LogP contribution in [0.25, 0.3) is 0 Å². The first-order valence-electron chi connectivity index (χ1n) is 3.18. The molecule has 0 unspecified atom stereocenters. The Morgan fingerprint density at radius 2 is 1.50 bits per heavy atom. The predicted molar refractivity (Wildman–Crippen MR) is 41.7 cm³/mol. The van der Waals surface area contributed by atoms with E-state index >= 15 is 0 Å². The summed E-state index contributed by atoms with van der Waals surface area (Å²) >= 11 is 2.55. The van der Waals surface area contributed by atoms with Gasteiger partial charge in [0.2, 0.25) is 0 Å². The summed E-state index contributed by atoms with van der Waals surface area (Å²) in [4.78, 5) is 0. The van der Waals surface area contributed by atoms with Crippen LogP contribution in [0, 0.1) is 0 Å². The van der Waals surface area contributed by atoms with Gasteiger partial charge in [-0.3, -0.25) is 0 Å². The van der Waals surface area contributed by atoms with Crippen molar-refractivity contribution in [2.45, 2.75) is 13.8 Å². The minimum atomic E-state index is 1.08. The quantitative estimate of drug-likeness (QED) is 0.521. The molecule has 0 saturated heterocycles. The molecule has 0 aromatic carbocycles. The third kappa shape index (κ3) is 0.883. The molecule has 0 radical (unpaired) electrons. The molecule has 0 aliphatic heterocycles.